The van der Waals surface area contributed by atoms with Crippen molar-refractivity contribution in [1.82, 2.24) is 5.32 Å². The van der Waals surface area contributed by atoms with E-state index in [2.05, 4.69) is 46.4 Å². The molecule has 0 unspecified atom stereocenters. The van der Waals surface area contributed by atoms with Gasteiger partial charge in [0.2, 0.25) is 0 Å². The van der Waals surface area contributed by atoms with Crippen LogP contribution in [-0.4, -0.2) is 14.2 Å². The first-order chi connectivity index (χ1) is 10.1. The van der Waals surface area contributed by atoms with Gasteiger partial charge in [-0.1, -0.05) is 34.1 Å². The quantitative estimate of drug-likeness (QED) is 0.852. The van der Waals surface area contributed by atoms with Crippen LogP contribution in [0.1, 0.15) is 16.7 Å². The molecule has 0 atom stereocenters. The Labute approximate surface area is 134 Å². The van der Waals surface area contributed by atoms with Crippen LogP contribution in [0.4, 0.5) is 0 Å². The predicted molar refractivity (Wildman–Crippen MR) is 89.0 cm³/mol. The molecule has 1 N–H and O–H groups in total. The molecule has 0 saturated carbocycles. The molecule has 0 aliphatic rings. The summed E-state index contributed by atoms with van der Waals surface area (Å²) in [5.41, 5.74) is 3.61. The minimum Gasteiger partial charge on any atom is -0.497 e. The molecule has 2 aromatic rings. The largest absolute Gasteiger partial charge is 0.497 e. The summed E-state index contributed by atoms with van der Waals surface area (Å²) in [7, 11) is 3.33. The van der Waals surface area contributed by atoms with Crippen molar-refractivity contribution < 1.29 is 9.47 Å². The minimum absolute atomic E-state index is 0.749. The van der Waals surface area contributed by atoms with Crippen molar-refractivity contribution in [1.29, 1.82) is 0 Å². The third-order valence-corrected chi connectivity index (χ3v) is 4.23. The van der Waals surface area contributed by atoms with Gasteiger partial charge in [-0.15, -0.1) is 0 Å². The molecule has 0 bridgehead atoms. The number of rotatable bonds is 6. The van der Waals surface area contributed by atoms with Crippen molar-refractivity contribution in [3.63, 3.8) is 0 Å². The lowest BCUT2D eigenvalue weighted by atomic mass is 10.1. The zero-order valence-corrected chi connectivity index (χ0v) is 14.2. The molecule has 0 radical (unpaired) electrons. The third kappa shape index (κ3) is 4.22. The Hall–Kier alpha value is -1.52. The van der Waals surface area contributed by atoms with E-state index in [0.717, 1.165) is 34.6 Å². The van der Waals surface area contributed by atoms with Crippen LogP contribution in [0.25, 0.3) is 0 Å². The SMILES string of the molecule is COc1ccc(CNCc2ccc(C)c(Br)c2)c(OC)c1. The van der Waals surface area contributed by atoms with E-state index in [4.69, 9.17) is 9.47 Å². The fraction of sp³-hybridized carbons (Fsp3) is 0.294. The fourth-order valence-electron chi connectivity index (χ4n) is 2.09. The molecule has 4 heteroatoms. The third-order valence-electron chi connectivity index (χ3n) is 3.38. The van der Waals surface area contributed by atoms with Crippen molar-refractivity contribution in [2.45, 2.75) is 20.0 Å². The first kappa shape index (κ1) is 15.9. The van der Waals surface area contributed by atoms with Crippen LogP contribution < -0.4 is 14.8 Å². The smallest absolute Gasteiger partial charge is 0.127 e. The van der Waals surface area contributed by atoms with Crippen molar-refractivity contribution in [3.05, 3.63) is 57.6 Å². The van der Waals surface area contributed by atoms with Crippen LogP contribution in [0.3, 0.4) is 0 Å². The van der Waals surface area contributed by atoms with E-state index in [9.17, 15) is 0 Å². The van der Waals surface area contributed by atoms with Gasteiger partial charge in [0.05, 0.1) is 14.2 Å². The summed E-state index contributed by atoms with van der Waals surface area (Å²) in [6, 6.07) is 12.3. The summed E-state index contributed by atoms with van der Waals surface area (Å²) in [5, 5.41) is 3.44. The fourth-order valence-corrected chi connectivity index (χ4v) is 2.51. The molecule has 2 aromatic carbocycles. The van der Waals surface area contributed by atoms with Gasteiger partial charge in [0.1, 0.15) is 11.5 Å². The molecular formula is C17H20BrNO2. The Morgan fingerprint density at radius 3 is 2.48 bits per heavy atom. The first-order valence-corrected chi connectivity index (χ1v) is 7.60. The number of methoxy groups -OCH3 is 2. The zero-order chi connectivity index (χ0) is 15.2. The van der Waals surface area contributed by atoms with E-state index in [1.807, 2.05) is 18.2 Å². The second-order valence-corrected chi connectivity index (χ2v) is 5.72. The summed E-state index contributed by atoms with van der Waals surface area (Å²) in [4.78, 5) is 0. The van der Waals surface area contributed by atoms with Crippen LogP contribution >= 0.6 is 15.9 Å². The molecule has 3 nitrogen and oxygen atoms in total. The highest BCUT2D eigenvalue weighted by Crippen LogP contribution is 2.24. The van der Waals surface area contributed by atoms with E-state index in [1.165, 1.54) is 11.1 Å². The number of halogens is 1. The molecule has 0 aliphatic carbocycles. The maximum atomic E-state index is 5.40. The number of hydrogen-bond donors (Lipinski definition) is 1. The lowest BCUT2D eigenvalue weighted by molar-refractivity contribution is 0.390. The molecule has 2 rings (SSSR count). The number of aryl methyl sites for hydroxylation is 1. The molecule has 112 valence electrons. The highest BCUT2D eigenvalue weighted by molar-refractivity contribution is 9.10. The van der Waals surface area contributed by atoms with E-state index in [1.54, 1.807) is 14.2 Å². The van der Waals surface area contributed by atoms with Crippen LogP contribution in [0, 0.1) is 6.92 Å². The van der Waals surface area contributed by atoms with Gasteiger partial charge in [-0.3, -0.25) is 0 Å². The summed E-state index contributed by atoms with van der Waals surface area (Å²) >= 11 is 3.56. The van der Waals surface area contributed by atoms with Gasteiger partial charge in [0.25, 0.3) is 0 Å². The highest BCUT2D eigenvalue weighted by Gasteiger charge is 2.05. The molecule has 0 fully saturated rings. The minimum atomic E-state index is 0.749. The molecule has 21 heavy (non-hydrogen) atoms. The van der Waals surface area contributed by atoms with Gasteiger partial charge in [0.15, 0.2) is 0 Å². The Balaban J connectivity index is 1.98. The van der Waals surface area contributed by atoms with Crippen LogP contribution in [0.5, 0.6) is 11.5 Å². The second-order valence-electron chi connectivity index (χ2n) is 4.86. The monoisotopic (exact) mass is 349 g/mol. The van der Waals surface area contributed by atoms with E-state index in [-0.39, 0.29) is 0 Å². The number of ether oxygens (including phenoxy) is 2. The Morgan fingerprint density at radius 2 is 1.81 bits per heavy atom. The Morgan fingerprint density at radius 1 is 1.00 bits per heavy atom. The average Bonchev–Trinajstić information content (AvgIpc) is 2.51. The molecule has 0 heterocycles. The van der Waals surface area contributed by atoms with Crippen LogP contribution in [-0.2, 0) is 13.1 Å². The lowest BCUT2D eigenvalue weighted by Crippen LogP contribution is -2.13. The molecule has 0 aromatic heterocycles. The van der Waals surface area contributed by atoms with Gasteiger partial charge >= 0.3 is 0 Å². The van der Waals surface area contributed by atoms with E-state index in [0.29, 0.717) is 0 Å². The van der Waals surface area contributed by atoms with Gasteiger partial charge in [-0.25, -0.2) is 0 Å². The number of hydrogen-bond acceptors (Lipinski definition) is 3. The molecule has 0 spiro atoms. The maximum Gasteiger partial charge on any atom is 0.127 e. The predicted octanol–water partition coefficient (Wildman–Crippen LogP) is 4.06. The Bertz CT molecular complexity index is 614. The molecular weight excluding hydrogens is 330 g/mol. The van der Waals surface area contributed by atoms with Gasteiger partial charge in [-0.2, -0.15) is 0 Å². The van der Waals surface area contributed by atoms with Gasteiger partial charge in [0, 0.05) is 29.2 Å². The number of nitrogens with one attached hydrogen (secondary N) is 1. The van der Waals surface area contributed by atoms with Crippen molar-refractivity contribution >= 4 is 15.9 Å². The van der Waals surface area contributed by atoms with Gasteiger partial charge in [-0.05, 0) is 30.2 Å². The average molecular weight is 350 g/mol. The van der Waals surface area contributed by atoms with Crippen LogP contribution in [0.15, 0.2) is 40.9 Å². The van der Waals surface area contributed by atoms with Gasteiger partial charge < -0.3 is 14.8 Å². The Kier molecular flexibility index (Phi) is 5.65. The van der Waals surface area contributed by atoms with E-state index < -0.39 is 0 Å². The van der Waals surface area contributed by atoms with Crippen molar-refractivity contribution in [3.8, 4) is 11.5 Å². The molecule has 0 saturated heterocycles. The number of benzene rings is 2. The van der Waals surface area contributed by atoms with Crippen LogP contribution in [0.2, 0.25) is 0 Å². The standard InChI is InChI=1S/C17H20BrNO2/c1-12-4-5-13(8-16(12)18)10-19-11-14-6-7-15(20-2)9-17(14)21-3/h4-9,19H,10-11H2,1-3H3. The summed E-state index contributed by atoms with van der Waals surface area (Å²) < 4.78 is 11.7. The maximum absolute atomic E-state index is 5.40. The van der Waals surface area contributed by atoms with Crippen molar-refractivity contribution in [2.75, 3.05) is 14.2 Å². The summed E-state index contributed by atoms with van der Waals surface area (Å²) in [6.45, 7) is 3.65. The lowest BCUT2D eigenvalue weighted by Gasteiger charge is -2.11. The normalized spacial score (nSPS) is 10.5. The molecule has 0 aliphatic heterocycles. The zero-order valence-electron chi connectivity index (χ0n) is 12.6. The highest BCUT2D eigenvalue weighted by atomic mass is 79.9. The summed E-state index contributed by atoms with van der Waals surface area (Å²) in [5.74, 6) is 1.64. The van der Waals surface area contributed by atoms with Crippen molar-refractivity contribution in [2.24, 2.45) is 0 Å². The van der Waals surface area contributed by atoms with E-state index >= 15 is 0 Å². The second kappa shape index (κ2) is 7.48. The topological polar surface area (TPSA) is 30.5 Å². The first-order valence-electron chi connectivity index (χ1n) is 6.80. The summed E-state index contributed by atoms with van der Waals surface area (Å²) in [6.07, 6.45) is 0. The molecule has 0 amide bonds.